The summed E-state index contributed by atoms with van der Waals surface area (Å²) in [4.78, 5) is 18.3. The second kappa shape index (κ2) is 9.93. The van der Waals surface area contributed by atoms with Crippen LogP contribution < -0.4 is 16.0 Å². The number of nitrogens with one attached hydrogen (secondary N) is 3. The molecule has 0 unspecified atom stereocenters. The van der Waals surface area contributed by atoms with E-state index in [0.29, 0.717) is 12.1 Å². The van der Waals surface area contributed by atoms with Crippen LogP contribution in [0, 0.1) is 0 Å². The smallest absolute Gasteiger partial charge is 0.251 e. The molecule has 1 saturated heterocycles. The maximum atomic E-state index is 11.5. The Bertz CT molecular complexity index is 535. The Hall–Kier alpha value is -2.08. The zero-order chi connectivity index (χ0) is 17.2. The number of hydrogen-bond acceptors (Lipinski definition) is 3. The molecule has 6 nitrogen and oxygen atoms in total. The second-order valence-electron chi connectivity index (χ2n) is 6.03. The van der Waals surface area contributed by atoms with Gasteiger partial charge >= 0.3 is 0 Å². The molecule has 0 bridgehead atoms. The van der Waals surface area contributed by atoms with Crippen LogP contribution in [-0.2, 0) is 6.54 Å². The molecule has 0 aliphatic carbocycles. The van der Waals surface area contributed by atoms with E-state index in [1.165, 1.54) is 32.4 Å². The Balaban J connectivity index is 1.71. The van der Waals surface area contributed by atoms with E-state index in [0.717, 1.165) is 24.6 Å². The van der Waals surface area contributed by atoms with Crippen molar-refractivity contribution in [3.63, 3.8) is 0 Å². The lowest BCUT2D eigenvalue weighted by molar-refractivity contribution is 0.0963. The lowest BCUT2D eigenvalue weighted by Gasteiger charge is -2.26. The highest BCUT2D eigenvalue weighted by Crippen LogP contribution is 2.07. The van der Waals surface area contributed by atoms with Crippen LogP contribution in [0.2, 0.25) is 0 Å². The molecule has 0 atom stereocenters. The predicted octanol–water partition coefficient (Wildman–Crippen LogP) is 1.20. The summed E-state index contributed by atoms with van der Waals surface area (Å²) in [6.45, 7) is 5.06. The molecule has 1 fully saturated rings. The van der Waals surface area contributed by atoms with Crippen LogP contribution >= 0.6 is 0 Å². The third kappa shape index (κ3) is 5.85. The van der Waals surface area contributed by atoms with E-state index in [2.05, 4.69) is 25.8 Å². The van der Waals surface area contributed by atoms with Gasteiger partial charge in [-0.3, -0.25) is 9.79 Å². The topological polar surface area (TPSA) is 68.8 Å². The van der Waals surface area contributed by atoms with E-state index >= 15 is 0 Å². The van der Waals surface area contributed by atoms with Gasteiger partial charge in [-0.25, -0.2) is 0 Å². The third-order valence-corrected chi connectivity index (χ3v) is 4.30. The predicted molar refractivity (Wildman–Crippen MR) is 98.3 cm³/mol. The normalized spacial score (nSPS) is 15.8. The Morgan fingerprint density at radius 3 is 2.46 bits per heavy atom. The zero-order valence-electron chi connectivity index (χ0n) is 14.8. The van der Waals surface area contributed by atoms with E-state index in [1.807, 2.05) is 24.3 Å². The van der Waals surface area contributed by atoms with Crippen molar-refractivity contribution in [1.29, 1.82) is 0 Å². The Morgan fingerprint density at radius 2 is 1.83 bits per heavy atom. The number of aliphatic imine (C=N–C) groups is 1. The highest BCUT2D eigenvalue weighted by molar-refractivity contribution is 5.93. The van der Waals surface area contributed by atoms with Crippen LogP contribution in [0.25, 0.3) is 0 Å². The van der Waals surface area contributed by atoms with Crippen LogP contribution in [0.3, 0.4) is 0 Å². The molecule has 3 N–H and O–H groups in total. The number of likely N-dealkylation sites (tertiary alicyclic amines) is 1. The number of benzene rings is 1. The number of carbonyl (C=O) groups excluding carboxylic acids is 1. The molecule has 1 aromatic carbocycles. The first kappa shape index (κ1) is 18.3. The first-order valence-electron chi connectivity index (χ1n) is 8.71. The number of nitrogens with zero attached hydrogens (tertiary/aromatic N) is 2. The van der Waals surface area contributed by atoms with Crippen LogP contribution in [-0.4, -0.2) is 57.0 Å². The van der Waals surface area contributed by atoms with Crippen LogP contribution in [0.5, 0.6) is 0 Å². The molecular formula is C18H29N5O. The van der Waals surface area contributed by atoms with E-state index < -0.39 is 0 Å². The molecule has 1 aromatic rings. The minimum atomic E-state index is -0.0651. The number of hydrogen-bond donors (Lipinski definition) is 3. The third-order valence-electron chi connectivity index (χ3n) is 4.30. The number of guanidine groups is 1. The highest BCUT2D eigenvalue weighted by Gasteiger charge is 2.09. The first-order valence-corrected chi connectivity index (χ1v) is 8.71. The van der Waals surface area contributed by atoms with Crippen molar-refractivity contribution in [2.45, 2.75) is 25.8 Å². The van der Waals surface area contributed by atoms with Crippen molar-refractivity contribution in [2.75, 3.05) is 40.3 Å². The fourth-order valence-corrected chi connectivity index (χ4v) is 2.84. The van der Waals surface area contributed by atoms with Gasteiger partial charge in [0.05, 0.1) is 0 Å². The standard InChI is InChI=1S/C18H29N5O/c1-19-17(24)16-8-6-15(7-9-16)14-22-18(20-2)21-10-13-23-11-4-3-5-12-23/h6-9H,3-5,10-14H2,1-2H3,(H,19,24)(H2,20,21,22). The molecule has 24 heavy (non-hydrogen) atoms. The summed E-state index contributed by atoms with van der Waals surface area (Å²) in [7, 11) is 3.42. The summed E-state index contributed by atoms with van der Waals surface area (Å²) < 4.78 is 0. The Morgan fingerprint density at radius 1 is 1.12 bits per heavy atom. The van der Waals surface area contributed by atoms with Crippen molar-refractivity contribution < 1.29 is 4.79 Å². The molecule has 6 heteroatoms. The second-order valence-corrected chi connectivity index (χ2v) is 6.03. The molecule has 0 radical (unpaired) electrons. The lowest BCUT2D eigenvalue weighted by atomic mass is 10.1. The summed E-state index contributed by atoms with van der Waals surface area (Å²) in [5.41, 5.74) is 1.78. The largest absolute Gasteiger partial charge is 0.355 e. The van der Waals surface area contributed by atoms with Gasteiger partial charge in [-0.2, -0.15) is 0 Å². The van der Waals surface area contributed by atoms with Gasteiger partial charge in [0.25, 0.3) is 5.91 Å². The van der Waals surface area contributed by atoms with Gasteiger partial charge in [-0.05, 0) is 43.6 Å². The van der Waals surface area contributed by atoms with E-state index in [4.69, 9.17) is 0 Å². The van der Waals surface area contributed by atoms with E-state index in [1.54, 1.807) is 14.1 Å². The lowest BCUT2D eigenvalue weighted by Crippen LogP contribution is -2.42. The first-order chi connectivity index (χ1) is 11.7. The summed E-state index contributed by atoms with van der Waals surface area (Å²) in [5, 5.41) is 9.29. The van der Waals surface area contributed by atoms with Gasteiger partial charge < -0.3 is 20.9 Å². The SMILES string of the molecule is CN=C(NCCN1CCCCC1)NCc1ccc(C(=O)NC)cc1. The van der Waals surface area contributed by atoms with Gasteiger partial charge in [0.1, 0.15) is 0 Å². The van der Waals surface area contributed by atoms with Gasteiger partial charge in [-0.1, -0.05) is 18.6 Å². The van der Waals surface area contributed by atoms with Gasteiger partial charge in [0.15, 0.2) is 5.96 Å². The zero-order valence-corrected chi connectivity index (χ0v) is 14.8. The quantitative estimate of drug-likeness (QED) is 0.541. The monoisotopic (exact) mass is 331 g/mol. The molecule has 0 saturated carbocycles. The van der Waals surface area contributed by atoms with Crippen molar-refractivity contribution in [3.8, 4) is 0 Å². The molecule has 0 spiro atoms. The summed E-state index contributed by atoms with van der Waals surface area (Å²) in [6, 6.07) is 7.59. The van der Waals surface area contributed by atoms with Crippen molar-refractivity contribution in [1.82, 2.24) is 20.9 Å². The van der Waals surface area contributed by atoms with Crippen molar-refractivity contribution in [3.05, 3.63) is 35.4 Å². The number of rotatable bonds is 6. The fourth-order valence-electron chi connectivity index (χ4n) is 2.84. The molecule has 1 aliphatic rings. The molecule has 0 aromatic heterocycles. The fraction of sp³-hybridized carbons (Fsp3) is 0.556. The molecular weight excluding hydrogens is 302 g/mol. The van der Waals surface area contributed by atoms with E-state index in [-0.39, 0.29) is 5.91 Å². The van der Waals surface area contributed by atoms with Gasteiger partial charge in [0.2, 0.25) is 0 Å². The van der Waals surface area contributed by atoms with Crippen molar-refractivity contribution >= 4 is 11.9 Å². The summed E-state index contributed by atoms with van der Waals surface area (Å²) in [6.07, 6.45) is 4.00. The molecule has 1 aliphatic heterocycles. The maximum Gasteiger partial charge on any atom is 0.251 e. The average molecular weight is 331 g/mol. The van der Waals surface area contributed by atoms with Crippen LogP contribution in [0.15, 0.2) is 29.3 Å². The number of carbonyl (C=O) groups is 1. The molecule has 1 heterocycles. The van der Waals surface area contributed by atoms with Gasteiger partial charge in [0, 0.05) is 39.3 Å². The minimum absolute atomic E-state index is 0.0651. The van der Waals surface area contributed by atoms with E-state index in [9.17, 15) is 4.79 Å². The number of amides is 1. The summed E-state index contributed by atoms with van der Waals surface area (Å²) in [5.74, 6) is 0.743. The Labute approximate surface area is 144 Å². The van der Waals surface area contributed by atoms with Crippen LogP contribution in [0.1, 0.15) is 35.2 Å². The van der Waals surface area contributed by atoms with Crippen LogP contribution in [0.4, 0.5) is 0 Å². The molecule has 1 amide bonds. The highest BCUT2D eigenvalue weighted by atomic mass is 16.1. The molecule has 132 valence electrons. The molecule has 2 rings (SSSR count). The number of piperidine rings is 1. The minimum Gasteiger partial charge on any atom is -0.355 e. The van der Waals surface area contributed by atoms with Gasteiger partial charge in [-0.15, -0.1) is 0 Å². The average Bonchev–Trinajstić information content (AvgIpc) is 2.65. The summed E-state index contributed by atoms with van der Waals surface area (Å²) >= 11 is 0. The van der Waals surface area contributed by atoms with Crippen molar-refractivity contribution in [2.24, 2.45) is 4.99 Å². The maximum absolute atomic E-state index is 11.5. The Kier molecular flexibility index (Phi) is 7.55.